The molecular formula is C14H15NO3S. The second-order valence-electron chi connectivity index (χ2n) is 4.59. The van der Waals surface area contributed by atoms with Crippen molar-refractivity contribution >= 4 is 11.3 Å². The molecule has 0 amide bonds. The number of thiazole rings is 1. The Morgan fingerprint density at radius 1 is 1.47 bits per heavy atom. The molecule has 1 aliphatic heterocycles. The molecule has 0 saturated carbocycles. The molecule has 0 radical (unpaired) electrons. The lowest BCUT2D eigenvalue weighted by Crippen LogP contribution is -2.19. The summed E-state index contributed by atoms with van der Waals surface area (Å²) in [5, 5.41) is 13.1. The van der Waals surface area contributed by atoms with E-state index in [0.717, 1.165) is 22.0 Å². The van der Waals surface area contributed by atoms with Crippen molar-refractivity contribution in [2.75, 3.05) is 7.11 Å². The molecule has 1 N–H and O–H groups in total. The molecule has 5 heteroatoms. The lowest BCUT2D eigenvalue weighted by molar-refractivity contribution is 0.0653. The van der Waals surface area contributed by atoms with Crippen LogP contribution in [-0.2, 0) is 0 Å². The van der Waals surface area contributed by atoms with E-state index in [1.165, 1.54) is 0 Å². The Morgan fingerprint density at radius 3 is 3.00 bits per heavy atom. The fourth-order valence-corrected chi connectivity index (χ4v) is 3.06. The molecule has 1 aromatic carbocycles. The van der Waals surface area contributed by atoms with Gasteiger partial charge in [0, 0.05) is 29.1 Å². The minimum atomic E-state index is -0.524. The van der Waals surface area contributed by atoms with E-state index in [1.54, 1.807) is 18.4 Å². The van der Waals surface area contributed by atoms with Crippen molar-refractivity contribution in [3.05, 3.63) is 39.8 Å². The number of methoxy groups -OCH3 is 1. The lowest BCUT2D eigenvalue weighted by Gasteiger charge is -2.28. The van der Waals surface area contributed by atoms with Crippen molar-refractivity contribution in [1.29, 1.82) is 0 Å². The number of aliphatic hydroxyl groups is 1. The average Bonchev–Trinajstić information content (AvgIpc) is 2.84. The highest BCUT2D eigenvalue weighted by atomic mass is 32.1. The first-order valence-electron chi connectivity index (χ1n) is 6.12. The minimum absolute atomic E-state index is 0.187. The zero-order valence-corrected chi connectivity index (χ0v) is 11.6. The Balaban J connectivity index is 1.93. The highest BCUT2D eigenvalue weighted by Gasteiger charge is 2.30. The second kappa shape index (κ2) is 4.83. The van der Waals surface area contributed by atoms with E-state index in [0.29, 0.717) is 12.2 Å². The largest absolute Gasteiger partial charge is 0.497 e. The molecule has 0 bridgehead atoms. The van der Waals surface area contributed by atoms with Crippen LogP contribution in [0.3, 0.4) is 0 Å². The van der Waals surface area contributed by atoms with Crippen LogP contribution in [0.25, 0.3) is 0 Å². The highest BCUT2D eigenvalue weighted by molar-refractivity contribution is 7.09. The van der Waals surface area contributed by atoms with E-state index in [4.69, 9.17) is 9.47 Å². The van der Waals surface area contributed by atoms with Gasteiger partial charge in [0.2, 0.25) is 0 Å². The number of rotatable bonds is 2. The van der Waals surface area contributed by atoms with E-state index < -0.39 is 6.10 Å². The number of aliphatic hydroxyl groups excluding tert-OH is 1. The summed E-state index contributed by atoms with van der Waals surface area (Å²) in [4.78, 5) is 4.44. The van der Waals surface area contributed by atoms with Gasteiger partial charge in [-0.3, -0.25) is 0 Å². The molecule has 1 aromatic heterocycles. The summed E-state index contributed by atoms with van der Waals surface area (Å²) in [6.45, 7) is 1.95. The van der Waals surface area contributed by atoms with Crippen molar-refractivity contribution in [3.63, 3.8) is 0 Å². The number of nitrogens with zero attached hydrogens (tertiary/aromatic N) is 1. The molecule has 0 saturated heterocycles. The summed E-state index contributed by atoms with van der Waals surface area (Å²) < 4.78 is 11.1. The van der Waals surface area contributed by atoms with Gasteiger partial charge in [-0.25, -0.2) is 4.98 Å². The van der Waals surface area contributed by atoms with Crippen molar-refractivity contribution in [1.82, 2.24) is 4.98 Å². The van der Waals surface area contributed by atoms with Crippen LogP contribution >= 0.6 is 11.3 Å². The SMILES string of the molecule is COc1ccc2c(c1)OC(c1nc(C)cs1)C[C@@H]2O. The van der Waals surface area contributed by atoms with Crippen LogP contribution in [0.5, 0.6) is 11.5 Å². The summed E-state index contributed by atoms with van der Waals surface area (Å²) in [5.41, 5.74) is 1.79. The summed E-state index contributed by atoms with van der Waals surface area (Å²) in [6, 6.07) is 5.49. The first-order chi connectivity index (χ1) is 9.17. The Kier molecular flexibility index (Phi) is 3.16. The van der Waals surface area contributed by atoms with Crippen LogP contribution in [0, 0.1) is 6.92 Å². The number of fused-ring (bicyclic) bond motifs is 1. The zero-order valence-electron chi connectivity index (χ0n) is 10.8. The van der Waals surface area contributed by atoms with Gasteiger partial charge < -0.3 is 14.6 Å². The number of aryl methyl sites for hydroxylation is 1. The fourth-order valence-electron chi connectivity index (χ4n) is 2.22. The van der Waals surface area contributed by atoms with Crippen LogP contribution in [0.2, 0.25) is 0 Å². The lowest BCUT2D eigenvalue weighted by atomic mass is 9.99. The van der Waals surface area contributed by atoms with Crippen molar-refractivity contribution in [3.8, 4) is 11.5 Å². The molecule has 0 fully saturated rings. The van der Waals surface area contributed by atoms with Crippen LogP contribution < -0.4 is 9.47 Å². The van der Waals surface area contributed by atoms with Gasteiger partial charge in [-0.15, -0.1) is 11.3 Å². The minimum Gasteiger partial charge on any atom is -0.497 e. The predicted octanol–water partition coefficient (Wildman–Crippen LogP) is 3.02. The normalized spacial score (nSPS) is 21.6. The predicted molar refractivity (Wildman–Crippen MR) is 72.8 cm³/mol. The molecule has 1 unspecified atom stereocenters. The molecule has 19 heavy (non-hydrogen) atoms. The van der Waals surface area contributed by atoms with E-state index in [9.17, 15) is 5.11 Å². The standard InChI is InChI=1S/C14H15NO3S/c1-8-7-19-14(15-8)13-6-11(16)10-4-3-9(17-2)5-12(10)18-13/h3-5,7,11,13,16H,6H2,1-2H3/t11-,13?/m0/s1. The molecule has 2 atom stereocenters. The maximum Gasteiger partial charge on any atom is 0.153 e. The van der Waals surface area contributed by atoms with Gasteiger partial charge in [0.1, 0.15) is 16.5 Å². The van der Waals surface area contributed by atoms with E-state index in [1.807, 2.05) is 30.5 Å². The maximum absolute atomic E-state index is 10.2. The van der Waals surface area contributed by atoms with Crippen LogP contribution in [0.15, 0.2) is 23.6 Å². The summed E-state index contributed by atoms with van der Waals surface area (Å²) in [7, 11) is 1.61. The first kappa shape index (κ1) is 12.4. The number of ether oxygens (including phenoxy) is 2. The molecule has 3 rings (SSSR count). The van der Waals surface area contributed by atoms with Gasteiger partial charge in [0.15, 0.2) is 6.10 Å². The van der Waals surface area contributed by atoms with Crippen LogP contribution in [0.1, 0.15) is 34.9 Å². The maximum atomic E-state index is 10.2. The molecule has 2 aromatic rings. The van der Waals surface area contributed by atoms with Gasteiger partial charge in [-0.2, -0.15) is 0 Å². The molecular weight excluding hydrogens is 262 g/mol. The Labute approximate surface area is 115 Å². The Morgan fingerprint density at radius 2 is 2.32 bits per heavy atom. The smallest absolute Gasteiger partial charge is 0.153 e. The van der Waals surface area contributed by atoms with Gasteiger partial charge in [0.05, 0.1) is 13.2 Å². The second-order valence-corrected chi connectivity index (χ2v) is 5.48. The van der Waals surface area contributed by atoms with Crippen LogP contribution in [0.4, 0.5) is 0 Å². The molecule has 100 valence electrons. The van der Waals surface area contributed by atoms with Gasteiger partial charge in [-0.05, 0) is 19.1 Å². The monoisotopic (exact) mass is 277 g/mol. The molecule has 4 nitrogen and oxygen atoms in total. The molecule has 0 spiro atoms. The van der Waals surface area contributed by atoms with Crippen molar-refractivity contribution < 1.29 is 14.6 Å². The van der Waals surface area contributed by atoms with Crippen molar-refractivity contribution in [2.24, 2.45) is 0 Å². The van der Waals surface area contributed by atoms with Gasteiger partial charge in [0.25, 0.3) is 0 Å². The number of hydrogen-bond acceptors (Lipinski definition) is 5. The van der Waals surface area contributed by atoms with E-state index in [-0.39, 0.29) is 6.10 Å². The number of aromatic nitrogens is 1. The van der Waals surface area contributed by atoms with Gasteiger partial charge >= 0.3 is 0 Å². The Hall–Kier alpha value is -1.59. The summed E-state index contributed by atoms with van der Waals surface area (Å²) in [6.07, 6.45) is -0.177. The topological polar surface area (TPSA) is 51.6 Å². The third-order valence-electron chi connectivity index (χ3n) is 3.20. The summed E-state index contributed by atoms with van der Waals surface area (Å²) >= 11 is 1.56. The zero-order chi connectivity index (χ0) is 13.4. The van der Waals surface area contributed by atoms with E-state index in [2.05, 4.69) is 4.98 Å². The Bertz CT molecular complexity index is 596. The number of hydrogen-bond donors (Lipinski definition) is 1. The summed E-state index contributed by atoms with van der Waals surface area (Å²) in [5.74, 6) is 1.40. The fraction of sp³-hybridized carbons (Fsp3) is 0.357. The first-order valence-corrected chi connectivity index (χ1v) is 7.00. The molecule has 2 heterocycles. The van der Waals surface area contributed by atoms with Gasteiger partial charge in [-0.1, -0.05) is 0 Å². The molecule has 1 aliphatic rings. The highest BCUT2D eigenvalue weighted by Crippen LogP contribution is 2.42. The molecule has 0 aliphatic carbocycles. The van der Waals surface area contributed by atoms with E-state index >= 15 is 0 Å². The average molecular weight is 277 g/mol. The quantitative estimate of drug-likeness (QED) is 0.916. The van der Waals surface area contributed by atoms with Crippen molar-refractivity contribution in [2.45, 2.75) is 25.6 Å². The third kappa shape index (κ3) is 2.31. The third-order valence-corrected chi connectivity index (χ3v) is 4.25. The van der Waals surface area contributed by atoms with Crippen LogP contribution in [-0.4, -0.2) is 17.2 Å². The number of benzene rings is 1.